The molecule has 0 aliphatic heterocycles. The van der Waals surface area contributed by atoms with Gasteiger partial charge in [0.05, 0.1) is 0 Å². The molecule has 0 fully saturated rings. The van der Waals surface area contributed by atoms with E-state index >= 15 is 0 Å². The quantitative estimate of drug-likeness (QED) is 0.413. The van der Waals surface area contributed by atoms with Gasteiger partial charge in [0, 0.05) is 13.7 Å². The third-order valence-electron chi connectivity index (χ3n) is 5.79. The van der Waals surface area contributed by atoms with E-state index in [4.69, 9.17) is 9.16 Å². The highest BCUT2D eigenvalue weighted by molar-refractivity contribution is 6.99. The molecule has 0 spiro atoms. The molecular formula is C27H39NO5Si. The van der Waals surface area contributed by atoms with Crippen molar-refractivity contribution < 1.29 is 23.9 Å². The predicted molar refractivity (Wildman–Crippen MR) is 138 cm³/mol. The molecular weight excluding hydrogens is 446 g/mol. The number of carbonyl (C=O) groups is 2. The van der Waals surface area contributed by atoms with Crippen molar-refractivity contribution in [1.29, 1.82) is 0 Å². The summed E-state index contributed by atoms with van der Waals surface area (Å²) in [5, 5.41) is 11.9. The van der Waals surface area contributed by atoms with E-state index in [0.717, 1.165) is 4.90 Å². The highest BCUT2D eigenvalue weighted by atomic mass is 28.4. The Morgan fingerprint density at radius 3 is 1.76 bits per heavy atom. The van der Waals surface area contributed by atoms with Crippen LogP contribution >= 0.6 is 0 Å². The normalized spacial score (nSPS) is 13.3. The number of likely N-dealkylation sites (N-methyl/N-ethyl adjacent to an activating group) is 1. The molecule has 1 atom stereocenters. The Labute approximate surface area is 205 Å². The second-order valence-electron chi connectivity index (χ2n) is 10.6. The minimum atomic E-state index is -2.68. The highest BCUT2D eigenvalue weighted by Gasteiger charge is 2.50. The Balaban J connectivity index is 2.24. The SMILES string of the molecule is CN(C(=O)OC(C)(C)C)C(CCCO[Si](c1ccccc1)(c1ccccc1)C(C)(C)C)C(=O)O. The van der Waals surface area contributed by atoms with E-state index in [9.17, 15) is 14.7 Å². The summed E-state index contributed by atoms with van der Waals surface area (Å²) in [5.74, 6) is -1.06. The molecule has 0 saturated heterocycles. The van der Waals surface area contributed by atoms with Gasteiger partial charge in [0.2, 0.25) is 0 Å². The Morgan fingerprint density at radius 1 is 0.912 bits per heavy atom. The van der Waals surface area contributed by atoms with Gasteiger partial charge in [0.15, 0.2) is 0 Å². The molecule has 2 aromatic carbocycles. The average molecular weight is 486 g/mol. The maximum Gasteiger partial charge on any atom is 0.410 e. The summed E-state index contributed by atoms with van der Waals surface area (Å²) in [5.41, 5.74) is -0.694. The molecule has 34 heavy (non-hydrogen) atoms. The van der Waals surface area contributed by atoms with Crippen molar-refractivity contribution in [2.45, 2.75) is 71.1 Å². The van der Waals surface area contributed by atoms with E-state index < -0.39 is 32.0 Å². The van der Waals surface area contributed by atoms with Crippen LogP contribution in [0.4, 0.5) is 4.79 Å². The van der Waals surface area contributed by atoms with Crippen molar-refractivity contribution in [1.82, 2.24) is 4.90 Å². The van der Waals surface area contributed by atoms with E-state index in [0.29, 0.717) is 13.0 Å². The molecule has 1 N–H and O–H groups in total. The first-order chi connectivity index (χ1) is 15.8. The summed E-state index contributed by atoms with van der Waals surface area (Å²) in [6, 6.07) is 19.6. The van der Waals surface area contributed by atoms with Crippen LogP contribution < -0.4 is 10.4 Å². The largest absolute Gasteiger partial charge is 0.480 e. The molecule has 1 unspecified atom stereocenters. The van der Waals surface area contributed by atoms with Crippen LogP contribution in [0.2, 0.25) is 5.04 Å². The smallest absolute Gasteiger partial charge is 0.410 e. The lowest BCUT2D eigenvalue weighted by atomic mass is 10.1. The molecule has 1 amide bonds. The molecule has 0 heterocycles. The number of carboxylic acids is 1. The van der Waals surface area contributed by atoms with Gasteiger partial charge in [-0.1, -0.05) is 81.4 Å². The lowest BCUT2D eigenvalue weighted by Crippen LogP contribution is -2.66. The fourth-order valence-electron chi connectivity index (χ4n) is 4.21. The van der Waals surface area contributed by atoms with E-state index in [1.165, 1.54) is 17.4 Å². The second-order valence-corrected chi connectivity index (χ2v) is 14.9. The maximum atomic E-state index is 12.4. The summed E-state index contributed by atoms with van der Waals surface area (Å²) in [7, 11) is -1.21. The zero-order valence-electron chi connectivity index (χ0n) is 21.5. The first kappa shape index (κ1) is 27.6. The zero-order chi connectivity index (χ0) is 25.6. The summed E-state index contributed by atoms with van der Waals surface area (Å²) in [6.07, 6.45) is 0.116. The Hall–Kier alpha value is -2.64. The molecule has 0 aliphatic rings. The Kier molecular flexibility index (Phi) is 9.08. The lowest BCUT2D eigenvalue weighted by Gasteiger charge is -2.43. The monoisotopic (exact) mass is 485 g/mol. The molecule has 0 saturated carbocycles. The van der Waals surface area contributed by atoms with Crippen LogP contribution in [0.5, 0.6) is 0 Å². The van der Waals surface area contributed by atoms with Gasteiger partial charge >= 0.3 is 12.1 Å². The molecule has 6 nitrogen and oxygen atoms in total. The van der Waals surface area contributed by atoms with Crippen LogP contribution in [0.15, 0.2) is 60.7 Å². The second kappa shape index (κ2) is 11.2. The summed E-state index contributed by atoms with van der Waals surface area (Å²) in [6.45, 7) is 12.3. The number of carboxylic acid groups (broad SMARTS) is 1. The first-order valence-electron chi connectivity index (χ1n) is 11.7. The number of aliphatic carboxylic acids is 1. The third-order valence-corrected chi connectivity index (χ3v) is 10.8. The van der Waals surface area contributed by atoms with E-state index in [2.05, 4.69) is 45.0 Å². The minimum Gasteiger partial charge on any atom is -0.480 e. The fourth-order valence-corrected chi connectivity index (χ4v) is 8.81. The molecule has 0 aliphatic carbocycles. The first-order valence-corrected chi connectivity index (χ1v) is 13.6. The summed E-state index contributed by atoms with van der Waals surface area (Å²) in [4.78, 5) is 25.5. The molecule has 2 aromatic rings. The van der Waals surface area contributed by atoms with Crippen LogP contribution in [0, 0.1) is 0 Å². The van der Waals surface area contributed by atoms with Crippen molar-refractivity contribution in [2.75, 3.05) is 13.7 Å². The summed E-state index contributed by atoms with van der Waals surface area (Å²) < 4.78 is 12.2. The molecule has 186 valence electrons. The van der Waals surface area contributed by atoms with Crippen molar-refractivity contribution in [3.8, 4) is 0 Å². The van der Waals surface area contributed by atoms with Gasteiger partial charge in [-0.2, -0.15) is 0 Å². The highest BCUT2D eigenvalue weighted by Crippen LogP contribution is 2.36. The van der Waals surface area contributed by atoms with E-state index in [-0.39, 0.29) is 11.5 Å². The van der Waals surface area contributed by atoms with Gasteiger partial charge < -0.3 is 14.3 Å². The van der Waals surface area contributed by atoms with Crippen molar-refractivity contribution in [3.63, 3.8) is 0 Å². The van der Waals surface area contributed by atoms with Crippen LogP contribution in [0.1, 0.15) is 54.4 Å². The minimum absolute atomic E-state index is 0.158. The molecule has 7 heteroatoms. The van der Waals surface area contributed by atoms with E-state index in [1.807, 2.05) is 36.4 Å². The Bertz CT molecular complexity index is 895. The number of ether oxygens (including phenoxy) is 1. The topological polar surface area (TPSA) is 76.1 Å². The van der Waals surface area contributed by atoms with Gasteiger partial charge in [0.25, 0.3) is 8.32 Å². The molecule has 0 radical (unpaired) electrons. The maximum absolute atomic E-state index is 12.4. The molecule has 0 aromatic heterocycles. The van der Waals surface area contributed by atoms with Crippen molar-refractivity contribution >= 4 is 30.8 Å². The van der Waals surface area contributed by atoms with Crippen LogP contribution in [-0.2, 0) is 14.0 Å². The number of amides is 1. The Morgan fingerprint density at radius 2 is 1.38 bits per heavy atom. The van der Waals surface area contributed by atoms with E-state index in [1.54, 1.807) is 20.8 Å². The van der Waals surface area contributed by atoms with Crippen LogP contribution in [0.25, 0.3) is 0 Å². The number of nitrogens with zero attached hydrogens (tertiary/aromatic N) is 1. The fraction of sp³-hybridized carbons (Fsp3) is 0.481. The zero-order valence-corrected chi connectivity index (χ0v) is 22.5. The molecule has 0 bridgehead atoms. The van der Waals surface area contributed by atoms with Crippen LogP contribution in [0.3, 0.4) is 0 Å². The number of hydrogen-bond donors (Lipinski definition) is 1. The van der Waals surface area contributed by atoms with Crippen molar-refractivity contribution in [2.24, 2.45) is 0 Å². The van der Waals surface area contributed by atoms with Gasteiger partial charge in [-0.15, -0.1) is 0 Å². The van der Waals surface area contributed by atoms with Gasteiger partial charge in [0.1, 0.15) is 11.6 Å². The predicted octanol–water partition coefficient (Wildman–Crippen LogP) is 4.66. The summed E-state index contributed by atoms with van der Waals surface area (Å²) >= 11 is 0. The lowest BCUT2D eigenvalue weighted by molar-refractivity contribution is -0.143. The average Bonchev–Trinajstić information content (AvgIpc) is 2.75. The third kappa shape index (κ3) is 6.70. The number of rotatable bonds is 9. The molecule has 2 rings (SSSR count). The van der Waals surface area contributed by atoms with Crippen molar-refractivity contribution in [3.05, 3.63) is 60.7 Å². The van der Waals surface area contributed by atoms with Gasteiger partial charge in [-0.3, -0.25) is 4.90 Å². The van der Waals surface area contributed by atoms with Crippen LogP contribution in [-0.4, -0.2) is 55.7 Å². The van der Waals surface area contributed by atoms with Gasteiger partial charge in [-0.25, -0.2) is 9.59 Å². The number of hydrogen-bond acceptors (Lipinski definition) is 4. The van der Waals surface area contributed by atoms with Gasteiger partial charge in [-0.05, 0) is 49.0 Å². The number of carbonyl (C=O) groups excluding carboxylic acids is 1. The number of benzene rings is 2. The standard InChI is InChI=1S/C27H39NO5Si/c1-26(2,3)33-25(31)28(7)23(24(29)30)19-14-20-32-34(27(4,5)6,21-15-10-8-11-16-21)22-17-12-9-13-18-22/h8-13,15-18,23H,14,19-20H2,1-7H3,(H,29,30).